The Hall–Kier alpha value is -3.77. The number of benzene rings is 3. The Labute approximate surface area is 198 Å². The van der Waals surface area contributed by atoms with Gasteiger partial charge < -0.3 is 10.1 Å². The summed E-state index contributed by atoms with van der Waals surface area (Å²) in [6.45, 7) is 6.16. The van der Waals surface area contributed by atoms with Crippen molar-refractivity contribution in [2.24, 2.45) is 0 Å². The zero-order valence-corrected chi connectivity index (χ0v) is 19.4. The first-order chi connectivity index (χ1) is 16.5. The van der Waals surface area contributed by atoms with E-state index in [9.17, 15) is 9.59 Å². The minimum Gasteiger partial charge on any atom is -0.449 e. The molecule has 1 aliphatic rings. The third kappa shape index (κ3) is 4.13. The molecule has 0 fully saturated rings. The lowest BCUT2D eigenvalue weighted by molar-refractivity contribution is -0.123. The van der Waals surface area contributed by atoms with Gasteiger partial charge in [0.1, 0.15) is 0 Å². The summed E-state index contributed by atoms with van der Waals surface area (Å²) in [7, 11) is 0. The van der Waals surface area contributed by atoms with E-state index in [0.717, 1.165) is 52.4 Å². The van der Waals surface area contributed by atoms with Crippen LogP contribution in [-0.4, -0.2) is 41.0 Å². The second kappa shape index (κ2) is 9.23. The lowest BCUT2D eigenvalue weighted by Gasteiger charge is -2.29. The molecule has 1 N–H and O–H groups in total. The van der Waals surface area contributed by atoms with Crippen molar-refractivity contribution in [1.82, 2.24) is 9.88 Å². The number of hydrogen-bond acceptors (Lipinski definition) is 5. The number of likely N-dealkylation sites (N-methyl/N-ethyl adjacent to an activating group) is 1. The van der Waals surface area contributed by atoms with Gasteiger partial charge in [0.25, 0.3) is 5.91 Å². The summed E-state index contributed by atoms with van der Waals surface area (Å²) in [5.41, 5.74) is 3.81. The van der Waals surface area contributed by atoms with Crippen molar-refractivity contribution in [3.05, 3.63) is 83.6 Å². The normalized spacial score (nSPS) is 14.5. The summed E-state index contributed by atoms with van der Waals surface area (Å²) in [5, 5.41) is 5.64. The lowest BCUT2D eigenvalue weighted by Crippen LogP contribution is -2.34. The fourth-order valence-corrected chi connectivity index (χ4v) is 4.59. The Kier molecular flexibility index (Phi) is 5.99. The number of para-hydroxylation sites is 1. The molecule has 6 heteroatoms. The van der Waals surface area contributed by atoms with Crippen LogP contribution in [0.15, 0.2) is 66.7 Å². The number of amides is 1. The molecule has 0 bridgehead atoms. The van der Waals surface area contributed by atoms with Gasteiger partial charge in [-0.3, -0.25) is 14.7 Å². The quantitative estimate of drug-likeness (QED) is 0.433. The molecule has 0 aliphatic carbocycles. The van der Waals surface area contributed by atoms with Gasteiger partial charge in [-0.2, -0.15) is 0 Å². The molecule has 172 valence electrons. The number of nitrogens with one attached hydrogen (secondary N) is 1. The first-order valence-corrected chi connectivity index (χ1v) is 11.7. The number of anilines is 1. The highest BCUT2D eigenvalue weighted by Gasteiger charge is 2.28. The summed E-state index contributed by atoms with van der Waals surface area (Å²) in [4.78, 5) is 33.5. The van der Waals surface area contributed by atoms with Crippen LogP contribution in [0.2, 0.25) is 0 Å². The minimum absolute atomic E-state index is 0.368. The van der Waals surface area contributed by atoms with E-state index in [1.165, 1.54) is 0 Å². The van der Waals surface area contributed by atoms with Gasteiger partial charge in [-0.1, -0.05) is 61.5 Å². The van der Waals surface area contributed by atoms with Gasteiger partial charge in [0, 0.05) is 47.2 Å². The number of carbonyl (C=O) groups is 2. The lowest BCUT2D eigenvalue weighted by atomic mass is 9.95. The highest BCUT2D eigenvalue weighted by molar-refractivity contribution is 6.07. The van der Waals surface area contributed by atoms with E-state index in [0.29, 0.717) is 17.8 Å². The van der Waals surface area contributed by atoms with Crippen molar-refractivity contribution >= 4 is 39.2 Å². The molecule has 34 heavy (non-hydrogen) atoms. The van der Waals surface area contributed by atoms with Crippen LogP contribution >= 0.6 is 0 Å². The number of rotatable bonds is 5. The zero-order valence-electron chi connectivity index (χ0n) is 19.4. The Balaban J connectivity index is 1.42. The average Bonchev–Trinajstić information content (AvgIpc) is 2.87. The molecule has 0 spiro atoms. The smallest absolute Gasteiger partial charge is 0.339 e. The second-order valence-electron chi connectivity index (χ2n) is 8.61. The minimum atomic E-state index is -0.958. The van der Waals surface area contributed by atoms with E-state index in [2.05, 4.69) is 17.1 Å². The third-order valence-electron chi connectivity index (χ3n) is 6.48. The van der Waals surface area contributed by atoms with Gasteiger partial charge in [-0.15, -0.1) is 0 Å². The molecule has 5 rings (SSSR count). The van der Waals surface area contributed by atoms with Crippen molar-refractivity contribution in [3.8, 4) is 0 Å². The maximum atomic E-state index is 13.5. The number of pyridine rings is 1. The molecule has 1 amide bonds. The fraction of sp³-hybridized carbons (Fsp3) is 0.250. The molecule has 0 radical (unpaired) electrons. The topological polar surface area (TPSA) is 71.5 Å². The summed E-state index contributed by atoms with van der Waals surface area (Å²) >= 11 is 0. The predicted octanol–water partition coefficient (Wildman–Crippen LogP) is 4.95. The van der Waals surface area contributed by atoms with Crippen molar-refractivity contribution in [2.75, 3.05) is 18.4 Å². The van der Waals surface area contributed by atoms with Crippen LogP contribution in [0.5, 0.6) is 0 Å². The van der Waals surface area contributed by atoms with E-state index in [1.54, 1.807) is 6.92 Å². The van der Waals surface area contributed by atoms with Gasteiger partial charge in [-0.05, 0) is 31.0 Å². The van der Waals surface area contributed by atoms with Crippen LogP contribution in [0.1, 0.15) is 35.5 Å². The molecule has 0 saturated heterocycles. The predicted molar refractivity (Wildman–Crippen MR) is 134 cm³/mol. The fourth-order valence-electron chi connectivity index (χ4n) is 4.59. The maximum Gasteiger partial charge on any atom is 0.339 e. The Bertz CT molecular complexity index is 1390. The molecule has 3 aromatic carbocycles. The van der Waals surface area contributed by atoms with Crippen molar-refractivity contribution in [1.29, 1.82) is 0 Å². The number of carbonyl (C=O) groups excluding carboxylic acids is 2. The van der Waals surface area contributed by atoms with E-state index in [1.807, 2.05) is 66.7 Å². The maximum absolute atomic E-state index is 13.5. The largest absolute Gasteiger partial charge is 0.449 e. The molecule has 1 aliphatic heterocycles. The Morgan fingerprint density at radius 3 is 2.59 bits per heavy atom. The Morgan fingerprint density at radius 1 is 1.03 bits per heavy atom. The first-order valence-electron chi connectivity index (χ1n) is 11.7. The van der Waals surface area contributed by atoms with E-state index in [-0.39, 0.29) is 5.91 Å². The standard InChI is InChI=1S/C28H27N3O3/c1-3-31-16-15-25-22(17-31)26(21-12-6-7-13-24(21)29-25)28(33)34-18(2)27(32)30-23-14-8-10-19-9-4-5-11-20(19)23/h4-14,18H,3,15-17H2,1-2H3,(H,30,32). The van der Waals surface area contributed by atoms with Crippen LogP contribution in [0, 0.1) is 0 Å². The SMILES string of the molecule is CCN1CCc2nc3ccccc3c(C(=O)OC(C)C(=O)Nc3cccc4ccccc34)c2C1. The van der Waals surface area contributed by atoms with E-state index in [4.69, 9.17) is 9.72 Å². The molecule has 1 aromatic heterocycles. The second-order valence-corrected chi connectivity index (χ2v) is 8.61. The molecular weight excluding hydrogens is 426 g/mol. The molecule has 1 unspecified atom stereocenters. The molecule has 0 saturated carbocycles. The molecule has 4 aromatic rings. The van der Waals surface area contributed by atoms with E-state index < -0.39 is 12.1 Å². The third-order valence-corrected chi connectivity index (χ3v) is 6.48. The van der Waals surface area contributed by atoms with Gasteiger partial charge >= 0.3 is 5.97 Å². The number of ether oxygens (including phenoxy) is 1. The monoisotopic (exact) mass is 453 g/mol. The summed E-state index contributed by atoms with van der Waals surface area (Å²) in [6.07, 6.45) is -0.175. The van der Waals surface area contributed by atoms with Crippen LogP contribution in [0.4, 0.5) is 5.69 Å². The van der Waals surface area contributed by atoms with E-state index >= 15 is 0 Å². The van der Waals surface area contributed by atoms with Gasteiger partial charge in [0.15, 0.2) is 6.10 Å². The van der Waals surface area contributed by atoms with Crippen LogP contribution < -0.4 is 5.32 Å². The number of fused-ring (bicyclic) bond motifs is 3. The van der Waals surface area contributed by atoms with Crippen molar-refractivity contribution in [2.45, 2.75) is 32.9 Å². The molecule has 6 nitrogen and oxygen atoms in total. The van der Waals surface area contributed by atoms with Crippen molar-refractivity contribution < 1.29 is 14.3 Å². The number of aromatic nitrogens is 1. The summed E-state index contributed by atoms with van der Waals surface area (Å²) in [5.74, 6) is -0.861. The highest BCUT2D eigenvalue weighted by Crippen LogP contribution is 2.29. The van der Waals surface area contributed by atoms with Crippen LogP contribution in [0.25, 0.3) is 21.7 Å². The summed E-state index contributed by atoms with van der Waals surface area (Å²) < 4.78 is 5.73. The average molecular weight is 454 g/mol. The van der Waals surface area contributed by atoms with Gasteiger partial charge in [-0.25, -0.2) is 4.79 Å². The zero-order chi connectivity index (χ0) is 23.7. The molecular formula is C28H27N3O3. The number of esters is 1. The van der Waals surface area contributed by atoms with Crippen molar-refractivity contribution in [3.63, 3.8) is 0 Å². The summed E-state index contributed by atoms with van der Waals surface area (Å²) in [6, 6.07) is 21.2. The van der Waals surface area contributed by atoms with Crippen LogP contribution in [-0.2, 0) is 22.5 Å². The number of nitrogens with zero attached hydrogens (tertiary/aromatic N) is 2. The van der Waals surface area contributed by atoms with Gasteiger partial charge in [0.05, 0.1) is 11.1 Å². The molecule has 1 atom stereocenters. The highest BCUT2D eigenvalue weighted by atomic mass is 16.5. The van der Waals surface area contributed by atoms with Crippen LogP contribution in [0.3, 0.4) is 0 Å². The number of hydrogen-bond donors (Lipinski definition) is 1. The van der Waals surface area contributed by atoms with Gasteiger partial charge in [0.2, 0.25) is 0 Å². The first kappa shape index (κ1) is 22.0. The Morgan fingerprint density at radius 2 is 1.76 bits per heavy atom. The molecule has 2 heterocycles.